The number of hydrogen-bond donors (Lipinski definition) is 0. The summed E-state index contributed by atoms with van der Waals surface area (Å²) in [6.07, 6.45) is 5.22. The first-order chi connectivity index (χ1) is 12.5. The standard InChI is InChI=1S/C18H22N6O2/c1-11(2)9-23-10-20-14-7-13(8-19-17(14)23)18(25)24-6-4-5-15(24)16-12(3)21-26-22-16/h7-8,10-11,15H,4-6,9H2,1-3H3. The zero-order valence-corrected chi connectivity index (χ0v) is 15.2. The second-order valence-electron chi connectivity index (χ2n) is 7.25. The number of fused-ring (bicyclic) bond motifs is 1. The van der Waals surface area contributed by atoms with E-state index in [1.54, 1.807) is 12.5 Å². The van der Waals surface area contributed by atoms with Crippen molar-refractivity contribution >= 4 is 17.1 Å². The molecule has 1 atom stereocenters. The van der Waals surface area contributed by atoms with Gasteiger partial charge in [-0.25, -0.2) is 14.6 Å². The molecule has 1 aliphatic rings. The van der Waals surface area contributed by atoms with Gasteiger partial charge in [0.05, 0.1) is 17.9 Å². The van der Waals surface area contributed by atoms with Gasteiger partial charge in [-0.05, 0) is 31.7 Å². The van der Waals surface area contributed by atoms with Crippen LogP contribution in [0.4, 0.5) is 0 Å². The van der Waals surface area contributed by atoms with Gasteiger partial charge in [0, 0.05) is 19.3 Å². The van der Waals surface area contributed by atoms with Crippen LogP contribution in [0.25, 0.3) is 11.2 Å². The molecule has 1 aliphatic heterocycles. The van der Waals surface area contributed by atoms with E-state index in [9.17, 15) is 4.79 Å². The molecule has 0 aromatic carbocycles. The first kappa shape index (κ1) is 16.7. The Bertz CT molecular complexity index is 944. The summed E-state index contributed by atoms with van der Waals surface area (Å²) in [5.74, 6) is 0.447. The molecule has 1 fully saturated rings. The highest BCUT2D eigenvalue weighted by atomic mass is 16.6. The van der Waals surface area contributed by atoms with Gasteiger partial charge in [-0.1, -0.05) is 24.2 Å². The molecule has 0 N–H and O–H groups in total. The van der Waals surface area contributed by atoms with Crippen molar-refractivity contribution in [3.8, 4) is 0 Å². The van der Waals surface area contributed by atoms with Crippen LogP contribution in [-0.2, 0) is 6.54 Å². The van der Waals surface area contributed by atoms with Gasteiger partial charge in [-0.2, -0.15) is 0 Å². The fourth-order valence-corrected chi connectivity index (χ4v) is 3.59. The SMILES string of the molecule is Cc1nonc1C1CCCN1C(=O)c1cnc2c(c1)ncn2CC(C)C. The lowest BCUT2D eigenvalue weighted by molar-refractivity contribution is 0.0730. The molecule has 3 aromatic rings. The first-order valence-corrected chi connectivity index (χ1v) is 8.95. The predicted octanol–water partition coefficient (Wildman–Crippen LogP) is 2.76. The van der Waals surface area contributed by atoms with Crippen LogP contribution in [-0.4, -0.2) is 42.2 Å². The van der Waals surface area contributed by atoms with Crippen LogP contribution in [0.3, 0.4) is 0 Å². The van der Waals surface area contributed by atoms with Gasteiger partial charge in [0.25, 0.3) is 5.91 Å². The van der Waals surface area contributed by atoms with Crippen molar-refractivity contribution in [2.75, 3.05) is 6.54 Å². The number of carbonyl (C=O) groups excluding carboxylic acids is 1. The molecule has 0 spiro atoms. The number of carbonyl (C=O) groups is 1. The van der Waals surface area contributed by atoms with Gasteiger partial charge in [0.1, 0.15) is 16.9 Å². The highest BCUT2D eigenvalue weighted by Gasteiger charge is 2.34. The zero-order valence-electron chi connectivity index (χ0n) is 15.2. The minimum Gasteiger partial charge on any atom is -0.330 e. The quantitative estimate of drug-likeness (QED) is 0.715. The summed E-state index contributed by atoms with van der Waals surface area (Å²) in [6.45, 7) is 7.69. The fourth-order valence-electron chi connectivity index (χ4n) is 3.59. The average Bonchev–Trinajstić information content (AvgIpc) is 3.33. The van der Waals surface area contributed by atoms with Crippen molar-refractivity contribution in [2.45, 2.75) is 46.2 Å². The van der Waals surface area contributed by atoms with E-state index in [1.807, 2.05) is 22.5 Å². The van der Waals surface area contributed by atoms with Crippen LogP contribution in [0, 0.1) is 12.8 Å². The lowest BCUT2D eigenvalue weighted by Crippen LogP contribution is -2.31. The Hall–Kier alpha value is -2.77. The third-order valence-electron chi connectivity index (χ3n) is 4.78. The molecule has 136 valence electrons. The lowest BCUT2D eigenvalue weighted by atomic mass is 10.1. The maximum absolute atomic E-state index is 13.1. The smallest absolute Gasteiger partial charge is 0.256 e. The molecular formula is C18H22N6O2. The van der Waals surface area contributed by atoms with E-state index in [4.69, 9.17) is 4.63 Å². The highest BCUT2D eigenvalue weighted by molar-refractivity contribution is 5.96. The maximum atomic E-state index is 13.1. The molecule has 0 saturated carbocycles. The number of nitrogens with zero attached hydrogens (tertiary/aromatic N) is 6. The molecule has 4 rings (SSSR count). The molecule has 0 radical (unpaired) electrons. The molecule has 1 saturated heterocycles. The number of amides is 1. The van der Waals surface area contributed by atoms with E-state index in [0.717, 1.165) is 41.9 Å². The van der Waals surface area contributed by atoms with Crippen molar-refractivity contribution in [3.63, 3.8) is 0 Å². The van der Waals surface area contributed by atoms with Gasteiger partial charge >= 0.3 is 0 Å². The van der Waals surface area contributed by atoms with Crippen LogP contribution >= 0.6 is 0 Å². The molecule has 8 nitrogen and oxygen atoms in total. The molecule has 8 heteroatoms. The minimum absolute atomic E-state index is 0.0530. The number of pyridine rings is 1. The first-order valence-electron chi connectivity index (χ1n) is 8.95. The van der Waals surface area contributed by atoms with E-state index in [2.05, 4.69) is 34.1 Å². The Balaban J connectivity index is 1.62. The van der Waals surface area contributed by atoms with Crippen LogP contribution in [0.5, 0.6) is 0 Å². The monoisotopic (exact) mass is 354 g/mol. The summed E-state index contributed by atoms with van der Waals surface area (Å²) >= 11 is 0. The topological polar surface area (TPSA) is 89.9 Å². The summed E-state index contributed by atoms with van der Waals surface area (Å²) in [5.41, 5.74) is 3.58. The molecule has 1 amide bonds. The second-order valence-corrected chi connectivity index (χ2v) is 7.25. The third-order valence-corrected chi connectivity index (χ3v) is 4.78. The van der Waals surface area contributed by atoms with Crippen molar-refractivity contribution < 1.29 is 9.42 Å². The van der Waals surface area contributed by atoms with E-state index in [0.29, 0.717) is 18.0 Å². The Kier molecular flexibility index (Phi) is 4.18. The van der Waals surface area contributed by atoms with E-state index < -0.39 is 0 Å². The number of aromatic nitrogens is 5. The van der Waals surface area contributed by atoms with Gasteiger partial charge in [-0.15, -0.1) is 0 Å². The summed E-state index contributed by atoms with van der Waals surface area (Å²) in [5, 5.41) is 7.84. The van der Waals surface area contributed by atoms with Crippen molar-refractivity contribution in [1.82, 2.24) is 29.7 Å². The largest absolute Gasteiger partial charge is 0.330 e. The summed E-state index contributed by atoms with van der Waals surface area (Å²) in [4.78, 5) is 23.8. The van der Waals surface area contributed by atoms with Crippen LogP contribution in [0.15, 0.2) is 23.2 Å². The van der Waals surface area contributed by atoms with Crippen LogP contribution in [0.2, 0.25) is 0 Å². The molecule has 0 aliphatic carbocycles. The molecular weight excluding hydrogens is 332 g/mol. The number of aryl methyl sites for hydroxylation is 1. The second kappa shape index (κ2) is 6.51. The fraction of sp³-hybridized carbons (Fsp3) is 0.500. The zero-order chi connectivity index (χ0) is 18.3. The number of hydrogen-bond acceptors (Lipinski definition) is 6. The Morgan fingerprint density at radius 3 is 2.92 bits per heavy atom. The molecule has 4 heterocycles. The number of likely N-dealkylation sites (tertiary alicyclic amines) is 1. The summed E-state index contributed by atoms with van der Waals surface area (Å²) < 4.78 is 6.85. The van der Waals surface area contributed by atoms with Gasteiger partial charge in [-0.3, -0.25) is 4.79 Å². The number of imidazole rings is 1. The maximum Gasteiger partial charge on any atom is 0.256 e. The normalized spacial score (nSPS) is 17.5. The van der Waals surface area contributed by atoms with Crippen LogP contribution < -0.4 is 0 Å². The summed E-state index contributed by atoms with van der Waals surface area (Å²) in [6, 6.07) is 1.73. The minimum atomic E-state index is -0.0945. The summed E-state index contributed by atoms with van der Waals surface area (Å²) in [7, 11) is 0. The van der Waals surface area contributed by atoms with Gasteiger partial charge < -0.3 is 9.47 Å². The van der Waals surface area contributed by atoms with Gasteiger partial charge in [0.2, 0.25) is 0 Å². The molecule has 0 bridgehead atoms. The Morgan fingerprint density at radius 1 is 1.35 bits per heavy atom. The van der Waals surface area contributed by atoms with E-state index in [-0.39, 0.29) is 11.9 Å². The molecule has 26 heavy (non-hydrogen) atoms. The number of rotatable bonds is 4. The van der Waals surface area contributed by atoms with E-state index >= 15 is 0 Å². The van der Waals surface area contributed by atoms with Gasteiger partial charge in [0.15, 0.2) is 5.65 Å². The molecule has 1 unspecified atom stereocenters. The molecule has 3 aromatic heterocycles. The Labute approximate surface area is 151 Å². The lowest BCUT2D eigenvalue weighted by Gasteiger charge is -2.23. The van der Waals surface area contributed by atoms with Crippen molar-refractivity contribution in [3.05, 3.63) is 35.5 Å². The van der Waals surface area contributed by atoms with Crippen molar-refractivity contribution in [1.29, 1.82) is 0 Å². The van der Waals surface area contributed by atoms with E-state index in [1.165, 1.54) is 0 Å². The van der Waals surface area contributed by atoms with Crippen molar-refractivity contribution in [2.24, 2.45) is 5.92 Å². The predicted molar refractivity (Wildman–Crippen MR) is 94.4 cm³/mol. The Morgan fingerprint density at radius 2 is 2.19 bits per heavy atom. The average molecular weight is 354 g/mol. The third kappa shape index (κ3) is 2.85. The highest BCUT2D eigenvalue weighted by Crippen LogP contribution is 2.33. The van der Waals surface area contributed by atoms with Crippen LogP contribution in [0.1, 0.15) is 54.5 Å².